The largest absolute Gasteiger partial charge is 0.571 e. The van der Waals surface area contributed by atoms with Crippen LogP contribution in [0.25, 0.3) is 0 Å². The summed E-state index contributed by atoms with van der Waals surface area (Å²) in [7, 11) is -3.78. The number of hydrogen-bond acceptors (Lipinski definition) is 4. The Balaban J connectivity index is 3.44. The third kappa shape index (κ3) is 17.4. The molecule has 0 radical (unpaired) electrons. The van der Waals surface area contributed by atoms with Crippen LogP contribution in [-0.2, 0) is 18.4 Å². The predicted octanol–water partition coefficient (Wildman–Crippen LogP) is 6.84. The summed E-state index contributed by atoms with van der Waals surface area (Å²) in [5.41, 5.74) is 0. The first-order chi connectivity index (χ1) is 12.0. The highest BCUT2D eigenvalue weighted by Crippen LogP contribution is 2.49. The molecule has 6 heteroatoms. The van der Waals surface area contributed by atoms with Crippen molar-refractivity contribution in [2.24, 2.45) is 0 Å². The second-order valence-electron chi connectivity index (χ2n) is 5.68. The smallest absolute Gasteiger partial charge is 0.367 e. The van der Waals surface area contributed by atoms with Gasteiger partial charge in [-0.3, -0.25) is 9.32 Å². The van der Waals surface area contributed by atoms with Crippen LogP contribution in [0.1, 0.15) is 71.1 Å². The molecule has 0 aromatic rings. The van der Waals surface area contributed by atoms with Gasteiger partial charge in [-0.1, -0.05) is 62.6 Å². The van der Waals surface area contributed by atoms with Crippen molar-refractivity contribution in [2.45, 2.75) is 71.1 Å². The molecule has 0 saturated heterocycles. The van der Waals surface area contributed by atoms with Gasteiger partial charge in [-0.2, -0.15) is 0 Å². The second kappa shape index (κ2) is 16.3. The normalized spacial score (nSPS) is 14.5. The number of unbranched alkanes of at least 4 members (excludes halogenated alkanes) is 5. The molecule has 0 aliphatic rings. The minimum Gasteiger partial charge on any atom is -0.367 e. The van der Waals surface area contributed by atoms with Crippen molar-refractivity contribution >= 4 is 13.9 Å². The molecule has 1 atom stereocenters. The lowest BCUT2D eigenvalue weighted by Crippen LogP contribution is -2.01. The molecule has 0 heterocycles. The number of hydrogen-bond donors (Lipinski definition) is 0. The fourth-order valence-electron chi connectivity index (χ4n) is 2.09. The van der Waals surface area contributed by atoms with Crippen LogP contribution in [0.3, 0.4) is 0 Å². The number of halogens is 1. The van der Waals surface area contributed by atoms with Crippen LogP contribution in [0.15, 0.2) is 36.5 Å². The Morgan fingerprint density at radius 2 is 1.48 bits per heavy atom. The maximum absolute atomic E-state index is 12.8. The summed E-state index contributed by atoms with van der Waals surface area (Å²) in [4.78, 5) is 11.2. The highest BCUT2D eigenvalue weighted by molar-refractivity contribution is 7.48. The first-order valence-electron chi connectivity index (χ1n) is 9.04. The first kappa shape index (κ1) is 23.8. The summed E-state index contributed by atoms with van der Waals surface area (Å²) in [5.74, 6) is -0.811. The zero-order chi connectivity index (χ0) is 18.8. The number of allylic oxidation sites excluding steroid dienone is 6. The lowest BCUT2D eigenvalue weighted by molar-refractivity contribution is -0.135. The van der Waals surface area contributed by atoms with E-state index in [4.69, 9.17) is 0 Å². The maximum atomic E-state index is 12.8. The van der Waals surface area contributed by atoms with Crippen molar-refractivity contribution in [1.29, 1.82) is 0 Å². The number of carbonyl (C=O) groups excluding carboxylic acids is 1. The second-order valence-corrected chi connectivity index (χ2v) is 7.09. The molecule has 0 spiro atoms. The quantitative estimate of drug-likeness (QED) is 0.179. The molecule has 0 bridgehead atoms. The zero-order valence-electron chi connectivity index (χ0n) is 15.5. The van der Waals surface area contributed by atoms with Gasteiger partial charge in [0, 0.05) is 13.5 Å². The van der Waals surface area contributed by atoms with E-state index in [2.05, 4.69) is 52.4 Å². The number of carbonyl (C=O) groups is 1. The highest BCUT2D eigenvalue weighted by atomic mass is 31.2. The van der Waals surface area contributed by atoms with Crippen molar-refractivity contribution in [3.63, 3.8) is 0 Å². The van der Waals surface area contributed by atoms with E-state index in [1.54, 1.807) is 0 Å². The van der Waals surface area contributed by atoms with Gasteiger partial charge in [0.1, 0.15) is 0 Å². The average molecular weight is 374 g/mol. The van der Waals surface area contributed by atoms with Gasteiger partial charge in [0.2, 0.25) is 0 Å². The summed E-state index contributed by atoms with van der Waals surface area (Å²) >= 11 is 0. The molecule has 0 fully saturated rings. The third-order valence-corrected chi connectivity index (χ3v) is 4.32. The predicted molar refractivity (Wildman–Crippen MR) is 101 cm³/mol. The van der Waals surface area contributed by atoms with E-state index in [1.165, 1.54) is 0 Å². The SMILES string of the molecule is CCC=CCC=CCC=CCCCCCCCC(=O)OP(=O)(F)OC. The van der Waals surface area contributed by atoms with Gasteiger partial charge >= 0.3 is 13.9 Å². The molecule has 0 aromatic carbocycles. The fourth-order valence-corrected chi connectivity index (χ4v) is 2.50. The summed E-state index contributed by atoms with van der Waals surface area (Å²) < 4.78 is 31.7. The molecule has 0 N–H and O–H groups in total. The van der Waals surface area contributed by atoms with Crippen LogP contribution >= 0.6 is 7.91 Å². The van der Waals surface area contributed by atoms with Crippen molar-refractivity contribution < 1.29 is 22.6 Å². The molecule has 0 aromatic heterocycles. The lowest BCUT2D eigenvalue weighted by Gasteiger charge is -2.06. The van der Waals surface area contributed by atoms with E-state index in [1.807, 2.05) is 0 Å². The van der Waals surface area contributed by atoms with Crippen molar-refractivity contribution in [1.82, 2.24) is 0 Å². The maximum Gasteiger partial charge on any atom is 0.571 e. The average Bonchev–Trinajstić information content (AvgIpc) is 2.58. The Hall–Kier alpha value is -1.19. The Labute approximate surface area is 151 Å². The van der Waals surface area contributed by atoms with E-state index >= 15 is 0 Å². The van der Waals surface area contributed by atoms with Gasteiger partial charge in [-0.25, -0.2) is 4.57 Å². The van der Waals surface area contributed by atoms with Crippen LogP contribution in [-0.4, -0.2) is 13.1 Å². The molecule has 0 aliphatic carbocycles. The first-order valence-corrected chi connectivity index (χ1v) is 10.5. The van der Waals surface area contributed by atoms with Crippen LogP contribution in [0.4, 0.5) is 4.20 Å². The number of rotatable bonds is 15. The third-order valence-electron chi connectivity index (χ3n) is 3.46. The lowest BCUT2D eigenvalue weighted by atomic mass is 10.1. The molecule has 0 amide bonds. The molecule has 4 nitrogen and oxygen atoms in total. The molecular formula is C19H32FO4P. The molecule has 0 rings (SSSR count). The van der Waals surface area contributed by atoms with Gasteiger partial charge in [0.25, 0.3) is 0 Å². The topological polar surface area (TPSA) is 52.6 Å². The summed E-state index contributed by atoms with van der Waals surface area (Å²) in [6.45, 7) is 2.13. The van der Waals surface area contributed by atoms with Gasteiger partial charge in [-0.15, -0.1) is 4.20 Å². The van der Waals surface area contributed by atoms with Crippen LogP contribution in [0.5, 0.6) is 0 Å². The Bertz CT molecular complexity index is 472. The Kier molecular flexibility index (Phi) is 15.5. The molecule has 25 heavy (non-hydrogen) atoms. The van der Waals surface area contributed by atoms with Crippen molar-refractivity contribution in [3.8, 4) is 0 Å². The highest BCUT2D eigenvalue weighted by Gasteiger charge is 2.26. The van der Waals surface area contributed by atoms with Crippen LogP contribution in [0, 0.1) is 0 Å². The standard InChI is InChI=1S/C19H32FO4P/c1-3-4-5-6-7-8-9-10-11-12-13-14-15-16-17-18-19(21)24-25(20,22)23-2/h4-5,7-8,10-11H,3,6,9,12-18H2,1-2H3. The molecular weight excluding hydrogens is 342 g/mol. The molecule has 0 aliphatic heterocycles. The zero-order valence-corrected chi connectivity index (χ0v) is 16.4. The van der Waals surface area contributed by atoms with E-state index in [0.29, 0.717) is 6.42 Å². The monoisotopic (exact) mass is 374 g/mol. The fraction of sp³-hybridized carbons (Fsp3) is 0.632. The van der Waals surface area contributed by atoms with Crippen molar-refractivity contribution in [2.75, 3.05) is 7.11 Å². The van der Waals surface area contributed by atoms with Crippen LogP contribution in [0.2, 0.25) is 0 Å². The van der Waals surface area contributed by atoms with Gasteiger partial charge < -0.3 is 4.52 Å². The summed E-state index contributed by atoms with van der Waals surface area (Å²) in [6, 6.07) is 0. The van der Waals surface area contributed by atoms with Gasteiger partial charge in [0.05, 0.1) is 0 Å². The summed E-state index contributed by atoms with van der Waals surface area (Å²) in [6.07, 6.45) is 22.0. The van der Waals surface area contributed by atoms with E-state index in [0.717, 1.165) is 58.5 Å². The minimum absolute atomic E-state index is 0.0664. The minimum atomic E-state index is -4.68. The van der Waals surface area contributed by atoms with Gasteiger partial charge in [0.15, 0.2) is 0 Å². The Morgan fingerprint density at radius 3 is 2.12 bits per heavy atom. The van der Waals surface area contributed by atoms with Gasteiger partial charge in [-0.05, 0) is 38.5 Å². The molecule has 144 valence electrons. The molecule has 0 saturated carbocycles. The van der Waals surface area contributed by atoms with Crippen LogP contribution < -0.4 is 0 Å². The van der Waals surface area contributed by atoms with E-state index in [-0.39, 0.29) is 6.42 Å². The Morgan fingerprint density at radius 1 is 0.920 bits per heavy atom. The van der Waals surface area contributed by atoms with E-state index < -0.39 is 13.9 Å². The van der Waals surface area contributed by atoms with Crippen molar-refractivity contribution in [3.05, 3.63) is 36.5 Å². The van der Waals surface area contributed by atoms with E-state index in [9.17, 15) is 13.6 Å². The molecule has 1 unspecified atom stereocenters. The summed E-state index contributed by atoms with van der Waals surface area (Å²) in [5, 5.41) is 0.